The van der Waals surface area contributed by atoms with Crippen LogP contribution in [0.25, 0.3) is 11.0 Å². The summed E-state index contributed by atoms with van der Waals surface area (Å²) in [6.45, 7) is 1.80. The number of hydrogen-bond donors (Lipinski definition) is 2. The quantitative estimate of drug-likeness (QED) is 0.278. The number of fused-ring (bicyclic) bond motifs is 1. The molecule has 10 nitrogen and oxygen atoms in total. The molecule has 0 aliphatic carbocycles. The van der Waals surface area contributed by atoms with Gasteiger partial charge >= 0.3 is 0 Å². The van der Waals surface area contributed by atoms with Crippen LogP contribution in [0.2, 0.25) is 0 Å². The maximum atomic E-state index is 12.3. The van der Waals surface area contributed by atoms with Crippen LogP contribution < -0.4 is 5.56 Å². The Kier molecular flexibility index (Phi) is 6.99. The molecular formula is C16H24N6O4S2. The summed E-state index contributed by atoms with van der Waals surface area (Å²) in [6.07, 6.45) is 4.24. The van der Waals surface area contributed by atoms with Gasteiger partial charge in [0.2, 0.25) is 5.95 Å². The van der Waals surface area contributed by atoms with E-state index in [4.69, 9.17) is 9.47 Å². The molecule has 154 valence electrons. The molecular weight excluding hydrogens is 404 g/mol. The third kappa shape index (κ3) is 4.69. The van der Waals surface area contributed by atoms with Gasteiger partial charge in [0.25, 0.3) is 5.56 Å². The van der Waals surface area contributed by atoms with E-state index in [0.717, 1.165) is 0 Å². The molecule has 2 N–H and O–H groups in total. The number of H-pyrrole nitrogens is 1. The van der Waals surface area contributed by atoms with Crippen molar-refractivity contribution in [2.45, 2.75) is 37.2 Å². The highest BCUT2D eigenvalue weighted by molar-refractivity contribution is 8.76. The topological polar surface area (TPSA) is 118 Å². The minimum Gasteiger partial charge on any atom is -0.394 e. The second kappa shape index (κ2) is 9.27. The zero-order chi connectivity index (χ0) is 20.3. The number of nitrogens with one attached hydrogen (secondary N) is 1. The molecule has 0 saturated carbocycles. The van der Waals surface area contributed by atoms with Crippen molar-refractivity contribution in [3.63, 3.8) is 0 Å². The van der Waals surface area contributed by atoms with E-state index in [0.29, 0.717) is 17.5 Å². The number of hydrogen-bond acceptors (Lipinski definition) is 9. The van der Waals surface area contributed by atoms with Gasteiger partial charge in [-0.2, -0.15) is 10.1 Å². The van der Waals surface area contributed by atoms with E-state index in [1.807, 2.05) is 27.3 Å². The molecule has 1 saturated heterocycles. The van der Waals surface area contributed by atoms with Crippen LogP contribution >= 0.6 is 21.6 Å². The highest BCUT2D eigenvalue weighted by atomic mass is 33.1. The molecule has 28 heavy (non-hydrogen) atoms. The SMILES string of the molecule is CSS[C@@H](C)OC1C[C@H](n2ncc3c(=O)[nH]c(/N=C\N(C)C)nc32)O[C@@H]1CO. The number of aliphatic imine (C=N–C) groups is 1. The second-order valence-corrected chi connectivity index (χ2v) is 9.24. The highest BCUT2D eigenvalue weighted by Crippen LogP contribution is 2.35. The van der Waals surface area contributed by atoms with Gasteiger partial charge in [0.15, 0.2) is 11.9 Å². The van der Waals surface area contributed by atoms with Crippen molar-refractivity contribution in [3.8, 4) is 0 Å². The normalized spacial score (nSPS) is 23.7. The molecule has 1 aliphatic rings. The summed E-state index contributed by atoms with van der Waals surface area (Å²) < 4.78 is 13.5. The first-order valence-electron chi connectivity index (χ1n) is 8.72. The minimum atomic E-state index is -0.494. The summed E-state index contributed by atoms with van der Waals surface area (Å²) in [5.41, 5.74) is 0.0129. The van der Waals surface area contributed by atoms with Crippen molar-refractivity contribution in [1.29, 1.82) is 0 Å². The van der Waals surface area contributed by atoms with Gasteiger partial charge in [-0.15, -0.1) is 0 Å². The van der Waals surface area contributed by atoms with Gasteiger partial charge in [-0.1, -0.05) is 21.6 Å². The predicted molar refractivity (Wildman–Crippen MR) is 111 cm³/mol. The van der Waals surface area contributed by atoms with Crippen LogP contribution in [-0.4, -0.2) is 80.7 Å². The van der Waals surface area contributed by atoms with Crippen molar-refractivity contribution < 1.29 is 14.6 Å². The Morgan fingerprint density at radius 1 is 1.61 bits per heavy atom. The van der Waals surface area contributed by atoms with Crippen LogP contribution in [0.15, 0.2) is 16.0 Å². The standard InChI is InChI=1S/C16H24N6O4S2/c1-9(28-27-4)25-11-5-13(26-12(11)7-23)22-14-10(6-18-22)15(24)20-16(19-14)17-8-21(2)3/h6,8-9,11-13,23H,5,7H2,1-4H3,(H,19,20,24)/b17-8-/t9-,11?,12+,13+/m0/s1. The van der Waals surface area contributed by atoms with Crippen molar-refractivity contribution in [1.82, 2.24) is 24.6 Å². The molecule has 1 fully saturated rings. The van der Waals surface area contributed by atoms with Crippen molar-refractivity contribution in [2.75, 3.05) is 27.0 Å². The maximum absolute atomic E-state index is 12.3. The third-order valence-corrected chi connectivity index (χ3v) is 6.06. The molecule has 1 unspecified atom stereocenters. The van der Waals surface area contributed by atoms with Crippen LogP contribution in [-0.2, 0) is 9.47 Å². The van der Waals surface area contributed by atoms with Crippen LogP contribution in [0.3, 0.4) is 0 Å². The van der Waals surface area contributed by atoms with Gasteiger partial charge in [-0.05, 0) is 13.2 Å². The van der Waals surface area contributed by atoms with Crippen molar-refractivity contribution in [3.05, 3.63) is 16.6 Å². The molecule has 2 aromatic rings. The summed E-state index contributed by atoms with van der Waals surface area (Å²) in [4.78, 5) is 25.3. The van der Waals surface area contributed by atoms with Crippen LogP contribution in [0.4, 0.5) is 5.95 Å². The average molecular weight is 429 g/mol. The number of ether oxygens (including phenoxy) is 2. The number of nitrogens with zero attached hydrogens (tertiary/aromatic N) is 5. The molecule has 3 heterocycles. The Morgan fingerprint density at radius 2 is 2.39 bits per heavy atom. The van der Waals surface area contributed by atoms with Gasteiger partial charge in [0.1, 0.15) is 16.9 Å². The first-order valence-corrected chi connectivity index (χ1v) is 11.3. The molecule has 0 radical (unpaired) electrons. The fourth-order valence-corrected chi connectivity index (χ4v) is 4.34. The van der Waals surface area contributed by atoms with Gasteiger partial charge in [-0.25, -0.2) is 9.67 Å². The van der Waals surface area contributed by atoms with E-state index >= 15 is 0 Å². The van der Waals surface area contributed by atoms with Crippen LogP contribution in [0.1, 0.15) is 19.6 Å². The smallest absolute Gasteiger partial charge is 0.263 e. The number of aromatic amines is 1. The van der Waals surface area contributed by atoms with Crippen molar-refractivity contribution in [2.24, 2.45) is 4.99 Å². The number of aliphatic hydroxyl groups excluding tert-OH is 1. The zero-order valence-electron chi connectivity index (χ0n) is 16.1. The van der Waals surface area contributed by atoms with Crippen LogP contribution in [0, 0.1) is 0 Å². The largest absolute Gasteiger partial charge is 0.394 e. The summed E-state index contributed by atoms with van der Waals surface area (Å²) in [7, 11) is 6.86. The van der Waals surface area contributed by atoms with Crippen LogP contribution in [0.5, 0.6) is 0 Å². The Balaban J connectivity index is 1.87. The molecule has 0 bridgehead atoms. The Bertz CT molecular complexity index is 886. The Labute approximate surface area is 170 Å². The highest BCUT2D eigenvalue weighted by Gasteiger charge is 2.38. The number of rotatable bonds is 8. The maximum Gasteiger partial charge on any atom is 0.263 e. The lowest BCUT2D eigenvalue weighted by molar-refractivity contribution is -0.0652. The Hall–Kier alpha value is -1.60. The average Bonchev–Trinajstić information content (AvgIpc) is 3.24. The third-order valence-electron chi connectivity index (χ3n) is 4.09. The molecule has 4 atom stereocenters. The summed E-state index contributed by atoms with van der Waals surface area (Å²) >= 11 is 0. The summed E-state index contributed by atoms with van der Waals surface area (Å²) in [5, 5.41) is 14.3. The Morgan fingerprint density at radius 3 is 3.07 bits per heavy atom. The first kappa shape index (κ1) is 21.1. The lowest BCUT2D eigenvalue weighted by Crippen LogP contribution is -2.29. The van der Waals surface area contributed by atoms with Gasteiger partial charge in [0.05, 0.1) is 25.2 Å². The van der Waals surface area contributed by atoms with Gasteiger partial charge in [-0.3, -0.25) is 9.78 Å². The molecule has 0 spiro atoms. The lowest BCUT2D eigenvalue weighted by Gasteiger charge is -2.20. The number of aliphatic hydroxyl groups is 1. The zero-order valence-corrected chi connectivity index (χ0v) is 17.7. The van der Waals surface area contributed by atoms with Gasteiger partial charge in [0, 0.05) is 20.5 Å². The van der Waals surface area contributed by atoms with E-state index in [1.165, 1.54) is 6.20 Å². The predicted octanol–water partition coefficient (Wildman–Crippen LogP) is 1.36. The minimum absolute atomic E-state index is 0.0429. The van der Waals surface area contributed by atoms with E-state index in [-0.39, 0.29) is 29.7 Å². The van der Waals surface area contributed by atoms with E-state index in [2.05, 4.69) is 20.1 Å². The lowest BCUT2D eigenvalue weighted by atomic mass is 10.2. The molecule has 3 rings (SSSR count). The van der Waals surface area contributed by atoms with Gasteiger partial charge < -0.3 is 19.5 Å². The van der Waals surface area contributed by atoms with E-state index < -0.39 is 12.3 Å². The van der Waals surface area contributed by atoms with E-state index in [1.54, 1.807) is 37.5 Å². The molecule has 0 aromatic carbocycles. The summed E-state index contributed by atoms with van der Waals surface area (Å²) in [5.74, 6) is 0.183. The molecule has 12 heteroatoms. The molecule has 0 amide bonds. The number of aromatic nitrogens is 4. The van der Waals surface area contributed by atoms with Crippen molar-refractivity contribution >= 4 is 44.9 Å². The second-order valence-electron chi connectivity index (χ2n) is 6.48. The fourth-order valence-electron chi connectivity index (χ4n) is 2.93. The monoisotopic (exact) mass is 428 g/mol. The van der Waals surface area contributed by atoms with E-state index in [9.17, 15) is 9.90 Å². The fraction of sp³-hybridized carbons (Fsp3) is 0.625. The first-order chi connectivity index (χ1) is 13.4. The summed E-state index contributed by atoms with van der Waals surface area (Å²) in [6, 6.07) is 0. The molecule has 2 aromatic heterocycles. The molecule has 1 aliphatic heterocycles.